The average molecular weight is 190 g/mol. The van der Waals surface area contributed by atoms with E-state index in [4.69, 9.17) is 0 Å². The number of hydrogen-bond acceptors (Lipinski definition) is 1. The molecule has 2 rings (SSSR count). The Morgan fingerprint density at radius 2 is 2.29 bits per heavy atom. The molecule has 0 bridgehead atoms. The van der Waals surface area contributed by atoms with Crippen LogP contribution in [-0.4, -0.2) is 10.7 Å². The lowest BCUT2D eigenvalue weighted by atomic mass is 9.67. The highest BCUT2D eigenvalue weighted by atomic mass is 16.3. The van der Waals surface area contributed by atoms with Crippen molar-refractivity contribution < 1.29 is 5.11 Å². The van der Waals surface area contributed by atoms with Gasteiger partial charge in [-0.3, -0.25) is 0 Å². The van der Waals surface area contributed by atoms with Crippen LogP contribution in [0.25, 0.3) is 0 Å². The van der Waals surface area contributed by atoms with Gasteiger partial charge >= 0.3 is 0 Å². The highest BCUT2D eigenvalue weighted by Crippen LogP contribution is 2.40. The maximum Gasteiger partial charge on any atom is 0.0713 e. The molecule has 1 nitrogen and oxygen atoms in total. The van der Waals surface area contributed by atoms with E-state index in [1.54, 1.807) is 0 Å². The molecule has 1 saturated carbocycles. The maximum absolute atomic E-state index is 10.2. The van der Waals surface area contributed by atoms with Gasteiger partial charge in [0, 0.05) is 6.42 Å². The summed E-state index contributed by atoms with van der Waals surface area (Å²) >= 11 is 0. The highest BCUT2D eigenvalue weighted by molar-refractivity contribution is 5.24. The second-order valence-electron chi connectivity index (χ2n) is 4.71. The number of rotatable bonds is 2. The van der Waals surface area contributed by atoms with Crippen molar-refractivity contribution in [1.29, 1.82) is 0 Å². The van der Waals surface area contributed by atoms with Crippen LogP contribution in [0, 0.1) is 12.8 Å². The topological polar surface area (TPSA) is 20.2 Å². The first-order valence-corrected chi connectivity index (χ1v) is 5.38. The van der Waals surface area contributed by atoms with Gasteiger partial charge < -0.3 is 5.11 Å². The quantitative estimate of drug-likeness (QED) is 0.760. The Morgan fingerprint density at radius 1 is 1.50 bits per heavy atom. The fourth-order valence-electron chi connectivity index (χ4n) is 2.20. The lowest BCUT2D eigenvalue weighted by molar-refractivity contribution is -0.0851. The van der Waals surface area contributed by atoms with Gasteiger partial charge in [-0.05, 0) is 31.2 Å². The first-order chi connectivity index (χ1) is 6.60. The van der Waals surface area contributed by atoms with Crippen LogP contribution in [0.3, 0.4) is 0 Å². The molecule has 0 aromatic heterocycles. The summed E-state index contributed by atoms with van der Waals surface area (Å²) in [6, 6.07) is 8.44. The molecular formula is C13H18O. The van der Waals surface area contributed by atoms with Crippen LogP contribution < -0.4 is 0 Å². The molecule has 0 heterocycles. The molecule has 14 heavy (non-hydrogen) atoms. The molecule has 1 aliphatic rings. The minimum Gasteiger partial charge on any atom is -0.389 e. The van der Waals surface area contributed by atoms with Gasteiger partial charge in [-0.2, -0.15) is 0 Å². The molecule has 1 heteroatoms. The van der Waals surface area contributed by atoms with Crippen molar-refractivity contribution >= 4 is 0 Å². The van der Waals surface area contributed by atoms with Gasteiger partial charge in [0.25, 0.3) is 0 Å². The van der Waals surface area contributed by atoms with Crippen molar-refractivity contribution in [3.8, 4) is 0 Å². The molecule has 0 saturated heterocycles. The van der Waals surface area contributed by atoms with Gasteiger partial charge in [-0.15, -0.1) is 0 Å². The molecular weight excluding hydrogens is 172 g/mol. The van der Waals surface area contributed by atoms with Crippen LogP contribution in [0.15, 0.2) is 24.3 Å². The van der Waals surface area contributed by atoms with E-state index >= 15 is 0 Å². The first kappa shape index (κ1) is 9.72. The molecule has 76 valence electrons. The molecule has 1 aliphatic carbocycles. The summed E-state index contributed by atoms with van der Waals surface area (Å²) < 4.78 is 0. The predicted molar refractivity (Wildman–Crippen MR) is 58.2 cm³/mol. The lowest BCUT2D eigenvalue weighted by Gasteiger charge is -2.44. The van der Waals surface area contributed by atoms with Gasteiger partial charge in [0.2, 0.25) is 0 Å². The maximum atomic E-state index is 10.2. The third kappa shape index (κ3) is 1.69. The Hall–Kier alpha value is -0.820. The standard InChI is InChI=1S/C13H18O/c1-10-4-3-5-12(8-10)9-13(14)7-6-11(13)2/h3-5,8,11,14H,6-7,9H2,1-2H3. The van der Waals surface area contributed by atoms with Crippen LogP contribution in [-0.2, 0) is 6.42 Å². The molecule has 2 atom stereocenters. The molecule has 1 N–H and O–H groups in total. The number of aliphatic hydroxyl groups is 1. The largest absolute Gasteiger partial charge is 0.389 e. The van der Waals surface area contributed by atoms with E-state index < -0.39 is 5.60 Å². The molecule has 1 fully saturated rings. The molecule has 2 unspecified atom stereocenters. The first-order valence-electron chi connectivity index (χ1n) is 5.38. The summed E-state index contributed by atoms with van der Waals surface area (Å²) in [6.07, 6.45) is 2.94. The SMILES string of the molecule is Cc1cccc(CC2(O)CCC2C)c1. The molecule has 0 spiro atoms. The van der Waals surface area contributed by atoms with E-state index in [9.17, 15) is 5.11 Å². The summed E-state index contributed by atoms with van der Waals surface area (Å²) in [5.41, 5.74) is 2.12. The summed E-state index contributed by atoms with van der Waals surface area (Å²) in [7, 11) is 0. The van der Waals surface area contributed by atoms with Gasteiger partial charge in [0.05, 0.1) is 5.60 Å². The minimum atomic E-state index is -0.423. The smallest absolute Gasteiger partial charge is 0.0713 e. The Bertz CT molecular complexity index is 332. The van der Waals surface area contributed by atoms with Crippen LogP contribution in [0.2, 0.25) is 0 Å². The third-order valence-electron chi connectivity index (χ3n) is 3.52. The van der Waals surface area contributed by atoms with Gasteiger partial charge in [-0.25, -0.2) is 0 Å². The van der Waals surface area contributed by atoms with Gasteiger partial charge in [-0.1, -0.05) is 36.8 Å². The minimum absolute atomic E-state index is 0.423. The number of benzene rings is 1. The summed E-state index contributed by atoms with van der Waals surface area (Å²) in [4.78, 5) is 0. The van der Waals surface area contributed by atoms with E-state index in [2.05, 4.69) is 38.1 Å². The van der Waals surface area contributed by atoms with Crippen molar-refractivity contribution in [2.75, 3.05) is 0 Å². The number of aryl methyl sites for hydroxylation is 1. The third-order valence-corrected chi connectivity index (χ3v) is 3.52. The Labute approximate surface area is 85.8 Å². The summed E-state index contributed by atoms with van der Waals surface area (Å²) in [6.45, 7) is 4.23. The van der Waals surface area contributed by atoms with Crippen molar-refractivity contribution in [3.63, 3.8) is 0 Å². The van der Waals surface area contributed by atoms with E-state index in [1.165, 1.54) is 17.5 Å². The van der Waals surface area contributed by atoms with Crippen molar-refractivity contribution in [2.45, 2.75) is 38.7 Å². The normalized spacial score (nSPS) is 31.2. The molecule has 0 radical (unpaired) electrons. The van der Waals surface area contributed by atoms with E-state index in [1.807, 2.05) is 0 Å². The molecule has 0 amide bonds. The second kappa shape index (κ2) is 3.39. The van der Waals surface area contributed by atoms with Crippen molar-refractivity contribution in [1.82, 2.24) is 0 Å². The van der Waals surface area contributed by atoms with E-state index in [0.29, 0.717) is 5.92 Å². The van der Waals surface area contributed by atoms with E-state index in [-0.39, 0.29) is 0 Å². The fourth-order valence-corrected chi connectivity index (χ4v) is 2.20. The molecule has 1 aromatic carbocycles. The Morgan fingerprint density at radius 3 is 2.79 bits per heavy atom. The van der Waals surface area contributed by atoms with Crippen molar-refractivity contribution in [3.05, 3.63) is 35.4 Å². The molecule has 1 aromatic rings. The van der Waals surface area contributed by atoms with Gasteiger partial charge in [0.1, 0.15) is 0 Å². The summed E-state index contributed by atoms with van der Waals surface area (Å²) in [5, 5.41) is 10.2. The lowest BCUT2D eigenvalue weighted by Crippen LogP contribution is -2.47. The van der Waals surface area contributed by atoms with Gasteiger partial charge in [0.15, 0.2) is 0 Å². The Balaban J connectivity index is 2.11. The zero-order chi connectivity index (χ0) is 10.2. The van der Waals surface area contributed by atoms with E-state index in [0.717, 1.165) is 12.8 Å². The van der Waals surface area contributed by atoms with Crippen LogP contribution >= 0.6 is 0 Å². The van der Waals surface area contributed by atoms with Crippen LogP contribution in [0.4, 0.5) is 0 Å². The monoisotopic (exact) mass is 190 g/mol. The zero-order valence-electron chi connectivity index (χ0n) is 8.96. The fraction of sp³-hybridized carbons (Fsp3) is 0.538. The number of hydrogen-bond donors (Lipinski definition) is 1. The van der Waals surface area contributed by atoms with Crippen molar-refractivity contribution in [2.24, 2.45) is 5.92 Å². The highest BCUT2D eigenvalue weighted by Gasteiger charge is 2.41. The second-order valence-corrected chi connectivity index (χ2v) is 4.71. The summed E-state index contributed by atoms with van der Waals surface area (Å²) in [5.74, 6) is 0.461. The molecule has 0 aliphatic heterocycles. The predicted octanol–water partition coefficient (Wildman–Crippen LogP) is 2.70. The Kier molecular flexibility index (Phi) is 2.36. The average Bonchev–Trinajstić information content (AvgIpc) is 2.15. The zero-order valence-corrected chi connectivity index (χ0v) is 8.96. The van der Waals surface area contributed by atoms with Crippen LogP contribution in [0.1, 0.15) is 30.9 Å². The van der Waals surface area contributed by atoms with Crippen LogP contribution in [0.5, 0.6) is 0 Å².